The molecule has 0 fully saturated rings. The van der Waals surface area contributed by atoms with Crippen LogP contribution in [0, 0.1) is 6.92 Å². The minimum atomic E-state index is -0.688. The van der Waals surface area contributed by atoms with E-state index < -0.39 is 5.83 Å². The molecule has 0 atom stereocenters. The standard InChI is InChI=1S/C17H17FN2O.C7H8N6O/c1-4-8-15(12(3)18)20-16(9-5-2)19-14-11-7-6-10-13(14)17(20)21;1-3-12-7(14-13-3)4-5(8)10-2-11-6(4)9/h4,6-8,10-11H,1,3,5,9H2,2H3;2H,1H3,(H4,8,9,10,11)/b15-8+;. The molecule has 11 heteroatoms. The van der Waals surface area contributed by atoms with Crippen LogP contribution in [0.3, 0.4) is 0 Å². The molecule has 0 bridgehead atoms. The zero-order valence-electron chi connectivity index (χ0n) is 19.4. The molecule has 0 amide bonds. The highest BCUT2D eigenvalue weighted by molar-refractivity contribution is 5.79. The van der Waals surface area contributed by atoms with Gasteiger partial charge in [-0.25, -0.2) is 19.3 Å². The van der Waals surface area contributed by atoms with Crippen LogP contribution in [0.25, 0.3) is 28.1 Å². The Hall–Kier alpha value is -4.67. The van der Waals surface area contributed by atoms with Gasteiger partial charge in [0, 0.05) is 6.42 Å². The molecule has 0 spiro atoms. The molecule has 10 nitrogen and oxygen atoms in total. The molecule has 0 aliphatic heterocycles. The zero-order chi connectivity index (χ0) is 25.5. The third kappa shape index (κ3) is 5.46. The maximum Gasteiger partial charge on any atom is 0.266 e. The SMILES string of the molecule is C=C/C=C(\C(=C)F)n1c(CCC)nc2ccccc2c1=O.Cc1noc(-c2c(N)ncnc2N)n1. The van der Waals surface area contributed by atoms with Crippen molar-refractivity contribution in [2.24, 2.45) is 0 Å². The first-order chi connectivity index (χ1) is 16.8. The van der Waals surface area contributed by atoms with Gasteiger partial charge in [-0.05, 0) is 31.6 Å². The Labute approximate surface area is 200 Å². The Morgan fingerprint density at radius 3 is 2.46 bits per heavy atom. The quantitative estimate of drug-likeness (QED) is 0.395. The number of allylic oxidation sites excluding steroid dienone is 4. The summed E-state index contributed by atoms with van der Waals surface area (Å²) in [4.78, 5) is 28.7. The van der Waals surface area contributed by atoms with Crippen molar-refractivity contribution in [3.8, 4) is 11.5 Å². The van der Waals surface area contributed by atoms with Crippen LogP contribution in [-0.2, 0) is 6.42 Å². The number of para-hydroxylation sites is 1. The van der Waals surface area contributed by atoms with E-state index in [1.54, 1.807) is 25.1 Å². The predicted octanol–water partition coefficient (Wildman–Crippen LogP) is 3.86. The van der Waals surface area contributed by atoms with Crippen LogP contribution < -0.4 is 17.0 Å². The van der Waals surface area contributed by atoms with E-state index >= 15 is 0 Å². The third-order valence-corrected chi connectivity index (χ3v) is 4.76. The molecule has 3 aromatic heterocycles. The van der Waals surface area contributed by atoms with Gasteiger partial charge in [0.15, 0.2) is 5.82 Å². The Morgan fingerprint density at radius 1 is 1.20 bits per heavy atom. The van der Waals surface area contributed by atoms with E-state index in [-0.39, 0.29) is 28.8 Å². The number of hydrogen-bond acceptors (Lipinski definition) is 9. The topological polar surface area (TPSA) is 152 Å². The van der Waals surface area contributed by atoms with Crippen LogP contribution in [0.15, 0.2) is 71.0 Å². The first-order valence-corrected chi connectivity index (χ1v) is 10.6. The van der Waals surface area contributed by atoms with Crippen molar-refractivity contribution in [1.29, 1.82) is 0 Å². The van der Waals surface area contributed by atoms with Crippen molar-refractivity contribution in [2.75, 3.05) is 11.5 Å². The Bertz CT molecular complexity index is 1450. The number of fused-ring (bicyclic) bond motifs is 1. The zero-order valence-corrected chi connectivity index (χ0v) is 19.4. The van der Waals surface area contributed by atoms with Crippen molar-refractivity contribution in [3.05, 3.63) is 83.7 Å². The van der Waals surface area contributed by atoms with Crippen LogP contribution >= 0.6 is 0 Å². The highest BCUT2D eigenvalue weighted by Gasteiger charge is 2.16. The average Bonchev–Trinajstić information content (AvgIpc) is 3.24. The van der Waals surface area contributed by atoms with E-state index in [2.05, 4.69) is 38.3 Å². The van der Waals surface area contributed by atoms with Gasteiger partial charge in [-0.1, -0.05) is 43.4 Å². The lowest BCUT2D eigenvalue weighted by Gasteiger charge is -2.14. The summed E-state index contributed by atoms with van der Waals surface area (Å²) in [6.07, 6.45) is 5.50. The molecule has 0 unspecified atom stereocenters. The van der Waals surface area contributed by atoms with Crippen LogP contribution in [0.5, 0.6) is 0 Å². The molecule has 4 rings (SSSR count). The minimum Gasteiger partial charge on any atom is -0.383 e. The molecule has 1 aromatic carbocycles. The van der Waals surface area contributed by atoms with Gasteiger partial charge >= 0.3 is 0 Å². The van der Waals surface area contributed by atoms with E-state index in [1.807, 2.05) is 13.0 Å². The van der Waals surface area contributed by atoms with Crippen LogP contribution in [-0.4, -0.2) is 29.7 Å². The first kappa shape index (κ1) is 25.0. The second-order valence-corrected chi connectivity index (χ2v) is 7.29. The minimum absolute atomic E-state index is 0.0803. The lowest BCUT2D eigenvalue weighted by atomic mass is 10.2. The van der Waals surface area contributed by atoms with E-state index in [4.69, 9.17) is 16.0 Å². The average molecular weight is 477 g/mol. The normalized spacial score (nSPS) is 11.1. The van der Waals surface area contributed by atoms with E-state index in [0.29, 0.717) is 34.5 Å². The number of nitrogens with zero attached hydrogens (tertiary/aromatic N) is 6. The van der Waals surface area contributed by atoms with Gasteiger partial charge in [-0.3, -0.25) is 9.36 Å². The summed E-state index contributed by atoms with van der Waals surface area (Å²) >= 11 is 0. The third-order valence-electron chi connectivity index (χ3n) is 4.76. The maximum absolute atomic E-state index is 13.7. The van der Waals surface area contributed by atoms with Crippen molar-refractivity contribution < 1.29 is 8.91 Å². The first-order valence-electron chi connectivity index (χ1n) is 10.6. The lowest BCUT2D eigenvalue weighted by molar-refractivity contribution is 0.425. The highest BCUT2D eigenvalue weighted by atomic mass is 19.1. The van der Waals surface area contributed by atoms with Crippen molar-refractivity contribution >= 4 is 28.2 Å². The maximum atomic E-state index is 13.7. The Kier molecular flexibility index (Phi) is 7.82. The van der Waals surface area contributed by atoms with Gasteiger partial charge in [0.2, 0.25) is 0 Å². The second-order valence-electron chi connectivity index (χ2n) is 7.29. The molecule has 3 heterocycles. The fraction of sp³-hybridized carbons (Fsp3) is 0.167. The van der Waals surface area contributed by atoms with Gasteiger partial charge < -0.3 is 16.0 Å². The van der Waals surface area contributed by atoms with E-state index in [1.165, 1.54) is 23.0 Å². The van der Waals surface area contributed by atoms with Crippen molar-refractivity contribution in [2.45, 2.75) is 26.7 Å². The van der Waals surface area contributed by atoms with Crippen LogP contribution in [0.1, 0.15) is 25.0 Å². The smallest absolute Gasteiger partial charge is 0.266 e. The number of nitrogens with two attached hydrogens (primary N) is 2. The van der Waals surface area contributed by atoms with Crippen LogP contribution in [0.4, 0.5) is 16.0 Å². The summed E-state index contributed by atoms with van der Waals surface area (Å²) < 4.78 is 19.9. The molecule has 180 valence electrons. The second kappa shape index (κ2) is 11.0. The number of rotatable bonds is 6. The van der Waals surface area contributed by atoms with Crippen LogP contribution in [0.2, 0.25) is 0 Å². The molecule has 35 heavy (non-hydrogen) atoms. The van der Waals surface area contributed by atoms with Crippen molar-refractivity contribution in [3.63, 3.8) is 0 Å². The summed E-state index contributed by atoms with van der Waals surface area (Å²) in [6.45, 7) is 10.5. The Balaban J connectivity index is 0.000000211. The molecule has 4 aromatic rings. The molecular formula is C24H25FN8O2. The molecule has 0 aliphatic carbocycles. The van der Waals surface area contributed by atoms with Crippen molar-refractivity contribution in [1.82, 2.24) is 29.7 Å². The number of benzene rings is 1. The van der Waals surface area contributed by atoms with E-state index in [9.17, 15) is 9.18 Å². The summed E-state index contributed by atoms with van der Waals surface area (Å²) in [5.41, 5.74) is 12.0. The lowest BCUT2D eigenvalue weighted by Crippen LogP contribution is -2.25. The molecule has 4 N–H and O–H groups in total. The van der Waals surface area contributed by atoms with Gasteiger partial charge in [0.05, 0.1) is 16.6 Å². The summed E-state index contributed by atoms with van der Waals surface area (Å²) in [6, 6.07) is 7.05. The monoisotopic (exact) mass is 476 g/mol. The highest BCUT2D eigenvalue weighted by Crippen LogP contribution is 2.26. The summed E-state index contributed by atoms with van der Waals surface area (Å²) in [5, 5.41) is 4.07. The molecule has 0 radical (unpaired) electrons. The molecule has 0 saturated carbocycles. The van der Waals surface area contributed by atoms with Gasteiger partial charge in [0.1, 0.15) is 35.2 Å². The number of halogens is 1. The van der Waals surface area contributed by atoms with E-state index in [0.717, 1.165) is 6.42 Å². The predicted molar refractivity (Wildman–Crippen MR) is 134 cm³/mol. The number of anilines is 2. The molecule has 0 aliphatic rings. The van der Waals surface area contributed by atoms with Gasteiger partial charge in [0.25, 0.3) is 11.4 Å². The molecular weight excluding hydrogens is 451 g/mol. The van der Waals surface area contributed by atoms with Gasteiger partial charge in [-0.15, -0.1) is 0 Å². The number of aromatic nitrogens is 6. The fourth-order valence-electron chi connectivity index (χ4n) is 3.25. The fourth-order valence-corrected chi connectivity index (χ4v) is 3.25. The van der Waals surface area contributed by atoms with Gasteiger partial charge in [-0.2, -0.15) is 4.98 Å². The largest absolute Gasteiger partial charge is 0.383 e. The number of aryl methyl sites for hydroxylation is 2. The number of nitrogen functional groups attached to an aromatic ring is 2. The summed E-state index contributed by atoms with van der Waals surface area (Å²) in [5.74, 6) is 1.02. The summed E-state index contributed by atoms with van der Waals surface area (Å²) in [7, 11) is 0. The number of hydrogen-bond donors (Lipinski definition) is 2. The molecule has 0 saturated heterocycles. The Morgan fingerprint density at radius 2 is 1.89 bits per heavy atom.